The molecule has 1 amide bonds. The van der Waals surface area contributed by atoms with Crippen molar-refractivity contribution in [3.05, 3.63) is 40.7 Å². The molecular formula is C21H26FN3OS. The quantitative estimate of drug-likeness (QED) is 0.853. The molecular weight excluding hydrogens is 361 g/mol. The van der Waals surface area contributed by atoms with Crippen molar-refractivity contribution >= 4 is 17.2 Å². The zero-order valence-electron chi connectivity index (χ0n) is 15.7. The number of halogens is 1. The lowest BCUT2D eigenvalue weighted by Gasteiger charge is -2.44. The fraction of sp³-hybridized carbons (Fsp3) is 0.524. The van der Waals surface area contributed by atoms with Crippen molar-refractivity contribution in [2.75, 3.05) is 19.6 Å². The highest BCUT2D eigenvalue weighted by Gasteiger charge is 2.33. The Kier molecular flexibility index (Phi) is 5.55. The lowest BCUT2D eigenvalue weighted by molar-refractivity contribution is 0.0576. The Morgan fingerprint density at radius 3 is 3.00 bits per heavy atom. The van der Waals surface area contributed by atoms with Crippen molar-refractivity contribution < 1.29 is 9.18 Å². The molecule has 2 fully saturated rings. The van der Waals surface area contributed by atoms with Gasteiger partial charge in [-0.2, -0.15) is 0 Å². The minimum atomic E-state index is -0.291. The molecule has 2 atom stereocenters. The Hall–Kier alpha value is -1.79. The molecule has 4 rings (SSSR count). The minimum Gasteiger partial charge on any atom is -0.351 e. The second kappa shape index (κ2) is 8.07. The molecule has 0 spiro atoms. The fourth-order valence-electron chi connectivity index (χ4n) is 4.47. The van der Waals surface area contributed by atoms with Crippen molar-refractivity contribution in [3.8, 4) is 10.6 Å². The van der Waals surface area contributed by atoms with Crippen LogP contribution in [0.1, 0.15) is 47.5 Å². The van der Waals surface area contributed by atoms with E-state index in [2.05, 4.69) is 15.2 Å². The van der Waals surface area contributed by atoms with Crippen LogP contribution in [0.15, 0.2) is 24.3 Å². The van der Waals surface area contributed by atoms with Crippen LogP contribution < -0.4 is 5.32 Å². The average molecular weight is 388 g/mol. The van der Waals surface area contributed by atoms with Gasteiger partial charge in [0.2, 0.25) is 0 Å². The maximum Gasteiger partial charge on any atom is 0.263 e. The third-order valence-corrected chi connectivity index (χ3v) is 7.03. The number of amides is 1. The second-order valence-electron chi connectivity index (χ2n) is 7.66. The van der Waals surface area contributed by atoms with Crippen LogP contribution in [0.4, 0.5) is 4.39 Å². The van der Waals surface area contributed by atoms with Crippen molar-refractivity contribution in [2.45, 2.75) is 45.1 Å². The summed E-state index contributed by atoms with van der Waals surface area (Å²) in [6, 6.07) is 6.98. The van der Waals surface area contributed by atoms with Crippen molar-refractivity contribution in [2.24, 2.45) is 5.92 Å². The Morgan fingerprint density at radius 2 is 2.15 bits per heavy atom. The molecule has 0 radical (unpaired) electrons. The number of carbonyl (C=O) groups is 1. The molecule has 2 unspecified atom stereocenters. The first-order valence-corrected chi connectivity index (χ1v) is 10.7. The monoisotopic (exact) mass is 387 g/mol. The average Bonchev–Trinajstić information content (AvgIpc) is 3.08. The molecule has 2 aliphatic rings. The summed E-state index contributed by atoms with van der Waals surface area (Å²) in [6.07, 6.45) is 6.27. The SMILES string of the molecule is Cc1nc(-c2cccc(F)c2)sc1C(=O)NCC1CCCN2CCCCC12. The highest BCUT2D eigenvalue weighted by Crippen LogP contribution is 2.31. The number of benzene rings is 1. The summed E-state index contributed by atoms with van der Waals surface area (Å²) < 4.78 is 13.5. The van der Waals surface area contributed by atoms with Gasteiger partial charge in [0.15, 0.2) is 0 Å². The van der Waals surface area contributed by atoms with E-state index < -0.39 is 0 Å². The van der Waals surface area contributed by atoms with Gasteiger partial charge in [-0.1, -0.05) is 18.6 Å². The molecule has 3 heterocycles. The molecule has 1 aromatic carbocycles. The van der Waals surface area contributed by atoms with Crippen LogP contribution in [0.2, 0.25) is 0 Å². The molecule has 4 nitrogen and oxygen atoms in total. The molecule has 2 aromatic rings. The molecule has 144 valence electrons. The van der Waals surface area contributed by atoms with Crippen LogP contribution in [-0.2, 0) is 0 Å². The van der Waals surface area contributed by atoms with Crippen molar-refractivity contribution in [3.63, 3.8) is 0 Å². The van der Waals surface area contributed by atoms with Crippen LogP contribution in [0.3, 0.4) is 0 Å². The lowest BCUT2D eigenvalue weighted by Crippen LogP contribution is -2.50. The van der Waals surface area contributed by atoms with E-state index in [9.17, 15) is 9.18 Å². The largest absolute Gasteiger partial charge is 0.351 e. The number of rotatable bonds is 4. The lowest BCUT2D eigenvalue weighted by atomic mass is 9.83. The number of carbonyl (C=O) groups excluding carboxylic acids is 1. The standard InChI is InChI=1S/C21H26FN3OS/c1-14-19(27-21(24-14)15-6-4-8-17(22)12-15)20(26)23-13-16-7-5-11-25-10-3-2-9-18(16)25/h4,6,8,12,16,18H,2-3,5,7,9-11,13H2,1H3,(H,23,26). The molecule has 1 N–H and O–H groups in total. The van der Waals surface area contributed by atoms with Gasteiger partial charge in [-0.05, 0) is 63.7 Å². The third-order valence-electron chi connectivity index (χ3n) is 5.83. The molecule has 27 heavy (non-hydrogen) atoms. The first-order valence-electron chi connectivity index (χ1n) is 9.87. The molecule has 2 aliphatic heterocycles. The minimum absolute atomic E-state index is 0.0550. The van der Waals surface area contributed by atoms with Gasteiger partial charge in [-0.3, -0.25) is 4.79 Å². The highest BCUT2D eigenvalue weighted by atomic mass is 32.1. The Morgan fingerprint density at radius 1 is 1.30 bits per heavy atom. The van der Waals surface area contributed by atoms with Crippen LogP contribution in [0.25, 0.3) is 10.6 Å². The van der Waals surface area contributed by atoms with Crippen LogP contribution >= 0.6 is 11.3 Å². The number of aromatic nitrogens is 1. The predicted molar refractivity (Wildman–Crippen MR) is 107 cm³/mol. The zero-order valence-corrected chi connectivity index (χ0v) is 16.5. The van der Waals surface area contributed by atoms with Gasteiger partial charge in [-0.15, -0.1) is 11.3 Å². The Bertz CT molecular complexity index is 820. The van der Waals surface area contributed by atoms with E-state index in [4.69, 9.17) is 0 Å². The molecule has 1 aromatic heterocycles. The first kappa shape index (κ1) is 18.6. The van der Waals surface area contributed by atoms with Crippen molar-refractivity contribution in [1.82, 2.24) is 15.2 Å². The van der Waals surface area contributed by atoms with E-state index in [1.807, 2.05) is 13.0 Å². The topological polar surface area (TPSA) is 45.2 Å². The number of nitrogens with zero attached hydrogens (tertiary/aromatic N) is 2. The van der Waals surface area contributed by atoms with Gasteiger partial charge >= 0.3 is 0 Å². The van der Waals surface area contributed by atoms with Crippen LogP contribution in [-0.4, -0.2) is 41.5 Å². The summed E-state index contributed by atoms with van der Waals surface area (Å²) in [7, 11) is 0. The van der Waals surface area contributed by atoms with Gasteiger partial charge in [-0.25, -0.2) is 9.37 Å². The van der Waals surface area contributed by atoms with Gasteiger partial charge in [0.05, 0.1) is 5.69 Å². The number of hydrogen-bond acceptors (Lipinski definition) is 4. The Labute approximate surface area is 163 Å². The number of thiazole rings is 1. The fourth-order valence-corrected chi connectivity index (χ4v) is 5.45. The molecule has 0 saturated carbocycles. The van der Waals surface area contributed by atoms with Crippen LogP contribution in [0.5, 0.6) is 0 Å². The second-order valence-corrected chi connectivity index (χ2v) is 8.65. The van der Waals surface area contributed by atoms with Crippen LogP contribution in [0, 0.1) is 18.7 Å². The van der Waals surface area contributed by atoms with E-state index >= 15 is 0 Å². The highest BCUT2D eigenvalue weighted by molar-refractivity contribution is 7.17. The summed E-state index contributed by atoms with van der Waals surface area (Å²) in [5.74, 6) is 0.195. The van der Waals surface area contributed by atoms with E-state index in [1.165, 1.54) is 68.7 Å². The summed E-state index contributed by atoms with van der Waals surface area (Å²) in [5.41, 5.74) is 1.42. The number of piperidine rings is 2. The van der Waals surface area contributed by atoms with E-state index in [-0.39, 0.29) is 11.7 Å². The third kappa shape index (κ3) is 4.06. The van der Waals surface area contributed by atoms with Gasteiger partial charge < -0.3 is 10.2 Å². The predicted octanol–water partition coefficient (Wildman–Crippen LogP) is 4.25. The maximum atomic E-state index is 13.5. The smallest absolute Gasteiger partial charge is 0.263 e. The first-order chi connectivity index (χ1) is 13.1. The summed E-state index contributed by atoms with van der Waals surface area (Å²) >= 11 is 1.34. The Balaban J connectivity index is 1.42. The molecule has 2 saturated heterocycles. The summed E-state index contributed by atoms with van der Waals surface area (Å²) in [6.45, 7) is 4.99. The van der Waals surface area contributed by atoms with E-state index in [1.54, 1.807) is 6.07 Å². The normalized spacial score (nSPS) is 23.0. The van der Waals surface area contributed by atoms with E-state index in [0.717, 1.165) is 6.54 Å². The number of nitrogens with one attached hydrogen (secondary N) is 1. The zero-order chi connectivity index (χ0) is 18.8. The van der Waals surface area contributed by atoms with Gasteiger partial charge in [0.25, 0.3) is 5.91 Å². The molecule has 6 heteroatoms. The number of aryl methyl sites for hydroxylation is 1. The number of hydrogen-bond donors (Lipinski definition) is 1. The van der Waals surface area contributed by atoms with Gasteiger partial charge in [0, 0.05) is 18.2 Å². The number of fused-ring (bicyclic) bond motifs is 1. The summed E-state index contributed by atoms with van der Waals surface area (Å²) in [5, 5.41) is 3.84. The van der Waals surface area contributed by atoms with Crippen molar-refractivity contribution in [1.29, 1.82) is 0 Å². The van der Waals surface area contributed by atoms with Gasteiger partial charge in [0.1, 0.15) is 15.7 Å². The van der Waals surface area contributed by atoms with E-state index in [0.29, 0.717) is 33.1 Å². The molecule has 0 bridgehead atoms. The molecule has 0 aliphatic carbocycles. The summed E-state index contributed by atoms with van der Waals surface area (Å²) in [4.78, 5) is 20.5. The maximum absolute atomic E-state index is 13.5.